The number of carbonyl (C=O) groups excluding carboxylic acids is 3. The zero-order valence-electron chi connectivity index (χ0n) is 17.8. The molecular formula is C22H34N2O6. The number of ether oxygens (including phenoxy) is 1. The van der Waals surface area contributed by atoms with E-state index in [9.17, 15) is 24.8 Å². The van der Waals surface area contributed by atoms with Gasteiger partial charge in [-0.25, -0.2) is 10.1 Å². The topological polar surface area (TPSA) is 107 Å². The minimum Gasteiger partial charge on any atom is -0.465 e. The number of esters is 1. The maximum absolute atomic E-state index is 12.5. The van der Waals surface area contributed by atoms with E-state index < -0.39 is 16.8 Å². The summed E-state index contributed by atoms with van der Waals surface area (Å²) in [5.41, 5.74) is -1.55. The van der Waals surface area contributed by atoms with Gasteiger partial charge < -0.3 is 4.74 Å². The van der Waals surface area contributed by atoms with Gasteiger partial charge in [-0.2, -0.15) is 0 Å². The first kappa shape index (κ1) is 24.1. The molecule has 3 atom stereocenters. The molecule has 0 aliphatic carbocycles. The Morgan fingerprint density at radius 3 is 2.43 bits per heavy atom. The summed E-state index contributed by atoms with van der Waals surface area (Å²) in [6.45, 7) is 9.82. The summed E-state index contributed by atoms with van der Waals surface area (Å²) < 4.78 is 5.43. The molecule has 0 bridgehead atoms. The van der Waals surface area contributed by atoms with Crippen LogP contribution in [0.4, 0.5) is 0 Å². The lowest BCUT2D eigenvalue weighted by Crippen LogP contribution is -2.51. The van der Waals surface area contributed by atoms with Gasteiger partial charge in [0.1, 0.15) is 0 Å². The first-order chi connectivity index (χ1) is 14.2. The summed E-state index contributed by atoms with van der Waals surface area (Å²) in [6.07, 6.45) is 6.80. The van der Waals surface area contributed by atoms with Gasteiger partial charge in [-0.05, 0) is 44.9 Å². The third-order valence-corrected chi connectivity index (χ3v) is 6.55. The van der Waals surface area contributed by atoms with Crippen LogP contribution in [0.15, 0.2) is 25.3 Å². The van der Waals surface area contributed by atoms with E-state index >= 15 is 0 Å². The summed E-state index contributed by atoms with van der Waals surface area (Å²) >= 11 is 0. The number of hydrogen-bond acceptors (Lipinski definition) is 6. The van der Waals surface area contributed by atoms with Gasteiger partial charge in [0.2, 0.25) is 0 Å². The average molecular weight is 423 g/mol. The van der Waals surface area contributed by atoms with Crippen molar-refractivity contribution in [2.45, 2.75) is 58.3 Å². The van der Waals surface area contributed by atoms with Gasteiger partial charge in [-0.3, -0.25) is 24.8 Å². The zero-order valence-corrected chi connectivity index (χ0v) is 17.8. The second-order valence-corrected chi connectivity index (χ2v) is 8.57. The quantitative estimate of drug-likeness (QED) is 0.318. The van der Waals surface area contributed by atoms with Gasteiger partial charge >= 0.3 is 5.97 Å². The van der Waals surface area contributed by atoms with Crippen molar-refractivity contribution in [2.75, 3.05) is 19.7 Å². The molecule has 0 saturated carbocycles. The van der Waals surface area contributed by atoms with E-state index in [0.29, 0.717) is 45.1 Å². The maximum Gasteiger partial charge on any atom is 0.305 e. The van der Waals surface area contributed by atoms with E-state index in [1.165, 1.54) is 0 Å². The molecule has 2 amide bonds. The van der Waals surface area contributed by atoms with Crippen LogP contribution in [0.25, 0.3) is 0 Å². The first-order valence-corrected chi connectivity index (χ1v) is 10.6. The Morgan fingerprint density at radius 1 is 1.17 bits per heavy atom. The molecule has 30 heavy (non-hydrogen) atoms. The largest absolute Gasteiger partial charge is 0.465 e. The molecule has 0 aromatic heterocycles. The monoisotopic (exact) mass is 422 g/mol. The fraction of sp³-hybridized carbons (Fsp3) is 0.682. The summed E-state index contributed by atoms with van der Waals surface area (Å²) in [5, 5.41) is 21.3. The smallest absolute Gasteiger partial charge is 0.305 e. The molecular weight excluding hydrogens is 388 g/mol. The molecule has 2 heterocycles. The summed E-state index contributed by atoms with van der Waals surface area (Å²) in [4.78, 5) is 37.3. The third kappa shape index (κ3) is 5.10. The van der Waals surface area contributed by atoms with Crippen LogP contribution < -0.4 is 0 Å². The lowest BCUT2D eigenvalue weighted by atomic mass is 9.71. The van der Waals surface area contributed by atoms with Crippen LogP contribution in [-0.4, -0.2) is 58.0 Å². The Hall–Kier alpha value is -2.19. The van der Waals surface area contributed by atoms with Crippen molar-refractivity contribution < 1.29 is 29.5 Å². The van der Waals surface area contributed by atoms with Crippen molar-refractivity contribution in [1.82, 2.24) is 10.1 Å². The number of hydrogen-bond donors (Lipinski definition) is 2. The standard InChI is InChI=1S/C22H34N2O6/c1-4-9-21(6-3)14-17(15-24(29)19(21)26)16-30-18(25)8-12-22(10-5-2)11-7-13-23(28)20(22)27/h4-5,17,28-29H,1-2,6-16H2,3H3/t17?,21-,22-/m1/s1. The van der Waals surface area contributed by atoms with E-state index in [2.05, 4.69) is 13.2 Å². The van der Waals surface area contributed by atoms with Crippen molar-refractivity contribution >= 4 is 17.8 Å². The van der Waals surface area contributed by atoms with Crippen LogP contribution in [0.2, 0.25) is 0 Å². The number of piperidine rings is 2. The fourth-order valence-electron chi connectivity index (χ4n) is 4.78. The van der Waals surface area contributed by atoms with Gasteiger partial charge in [-0.15, -0.1) is 13.2 Å². The number of carbonyl (C=O) groups is 3. The van der Waals surface area contributed by atoms with Crippen molar-refractivity contribution in [3.63, 3.8) is 0 Å². The van der Waals surface area contributed by atoms with Crippen molar-refractivity contribution in [3.05, 3.63) is 25.3 Å². The van der Waals surface area contributed by atoms with Crippen LogP contribution in [0.3, 0.4) is 0 Å². The van der Waals surface area contributed by atoms with E-state index in [1.54, 1.807) is 12.2 Å². The SMILES string of the molecule is C=CC[C@]1(CCC(=O)OCC2CN(O)C(=O)[C@](CC)(CC=C)C2)CCCN(O)C1=O. The van der Waals surface area contributed by atoms with Gasteiger partial charge in [-0.1, -0.05) is 19.1 Å². The molecule has 2 aliphatic rings. The molecule has 8 heteroatoms. The molecule has 0 aromatic rings. The highest BCUT2D eigenvalue weighted by atomic mass is 16.5. The second-order valence-electron chi connectivity index (χ2n) is 8.57. The highest BCUT2D eigenvalue weighted by Gasteiger charge is 2.46. The van der Waals surface area contributed by atoms with Crippen LogP contribution in [0, 0.1) is 16.7 Å². The molecule has 0 spiro atoms. The summed E-state index contributed by atoms with van der Waals surface area (Å²) in [5.74, 6) is -1.31. The number of amides is 2. The number of rotatable bonds is 10. The van der Waals surface area contributed by atoms with Crippen LogP contribution in [0.5, 0.6) is 0 Å². The number of allylic oxidation sites excluding steroid dienone is 2. The van der Waals surface area contributed by atoms with E-state index in [4.69, 9.17) is 4.74 Å². The van der Waals surface area contributed by atoms with E-state index in [1.807, 2.05) is 6.92 Å². The first-order valence-electron chi connectivity index (χ1n) is 10.6. The minimum atomic E-state index is -0.825. The molecule has 2 fully saturated rings. The van der Waals surface area contributed by atoms with Crippen LogP contribution in [-0.2, 0) is 19.1 Å². The zero-order chi connectivity index (χ0) is 22.4. The Balaban J connectivity index is 1.93. The summed E-state index contributed by atoms with van der Waals surface area (Å²) in [7, 11) is 0. The Labute approximate surface area is 178 Å². The fourth-order valence-corrected chi connectivity index (χ4v) is 4.78. The Morgan fingerprint density at radius 2 is 1.80 bits per heavy atom. The highest BCUT2D eigenvalue weighted by Crippen LogP contribution is 2.41. The van der Waals surface area contributed by atoms with E-state index in [0.717, 1.165) is 10.1 Å². The van der Waals surface area contributed by atoms with Crippen LogP contribution in [0.1, 0.15) is 58.3 Å². The minimum absolute atomic E-state index is 0.0491. The summed E-state index contributed by atoms with van der Waals surface area (Å²) in [6, 6.07) is 0. The van der Waals surface area contributed by atoms with Crippen molar-refractivity contribution in [2.24, 2.45) is 16.7 Å². The molecule has 2 aliphatic heterocycles. The molecule has 168 valence electrons. The van der Waals surface area contributed by atoms with Crippen molar-refractivity contribution in [3.8, 4) is 0 Å². The predicted octanol–water partition coefficient (Wildman–Crippen LogP) is 3.09. The molecule has 1 unspecified atom stereocenters. The Bertz CT molecular complexity index is 681. The molecule has 8 nitrogen and oxygen atoms in total. The maximum atomic E-state index is 12.5. The van der Waals surface area contributed by atoms with Gasteiger partial charge in [0.15, 0.2) is 0 Å². The lowest BCUT2D eigenvalue weighted by molar-refractivity contribution is -0.193. The van der Waals surface area contributed by atoms with Crippen LogP contribution >= 0.6 is 0 Å². The Kier molecular flexibility index (Phi) is 8.20. The van der Waals surface area contributed by atoms with Gasteiger partial charge in [0, 0.05) is 18.9 Å². The second kappa shape index (κ2) is 10.2. The molecule has 2 rings (SSSR count). The lowest BCUT2D eigenvalue weighted by Gasteiger charge is -2.41. The van der Waals surface area contributed by atoms with Crippen molar-refractivity contribution in [1.29, 1.82) is 0 Å². The molecule has 0 aromatic carbocycles. The molecule has 0 radical (unpaired) electrons. The third-order valence-electron chi connectivity index (χ3n) is 6.55. The molecule has 2 saturated heterocycles. The van der Waals surface area contributed by atoms with Gasteiger partial charge in [0.05, 0.1) is 24.0 Å². The predicted molar refractivity (Wildman–Crippen MR) is 109 cm³/mol. The number of hydroxylamine groups is 4. The average Bonchev–Trinajstić information content (AvgIpc) is 2.72. The number of nitrogens with zero attached hydrogens (tertiary/aromatic N) is 2. The highest BCUT2D eigenvalue weighted by molar-refractivity contribution is 5.83. The molecule has 2 N–H and O–H groups in total. The normalized spacial score (nSPS) is 29.6. The van der Waals surface area contributed by atoms with E-state index in [-0.39, 0.29) is 43.7 Å². The van der Waals surface area contributed by atoms with Gasteiger partial charge in [0.25, 0.3) is 11.8 Å².